The maximum atomic E-state index is 14.1. The number of benzene rings is 2. The minimum Gasteiger partial charge on any atom is -0.357 e. The zero-order valence-corrected chi connectivity index (χ0v) is 19.8. The molecule has 2 aromatic rings. The average Bonchev–Trinajstić information content (AvgIpc) is 3.06. The number of hydrogen-bond acceptors (Lipinski definition) is 3. The fraction of sp³-hybridized carbons (Fsp3) is 0.391. The molecule has 0 aliphatic carbocycles. The van der Waals surface area contributed by atoms with E-state index in [1.807, 2.05) is 19.1 Å². The van der Waals surface area contributed by atoms with Gasteiger partial charge < -0.3 is 10.6 Å². The fourth-order valence-corrected chi connectivity index (χ4v) is 3.66. The number of guanidine groups is 1. The van der Waals surface area contributed by atoms with Crippen LogP contribution in [0.4, 0.5) is 4.39 Å². The Balaban J connectivity index is 0.00000320. The molecular formula is C23H29FIN5. The van der Waals surface area contributed by atoms with Gasteiger partial charge in [-0.3, -0.25) is 4.90 Å². The summed E-state index contributed by atoms with van der Waals surface area (Å²) in [7, 11) is 0. The van der Waals surface area contributed by atoms with Crippen LogP contribution in [0, 0.1) is 17.1 Å². The zero-order chi connectivity index (χ0) is 20.6. The second kappa shape index (κ2) is 11.9. The van der Waals surface area contributed by atoms with E-state index in [2.05, 4.69) is 51.7 Å². The van der Waals surface area contributed by atoms with Crippen molar-refractivity contribution in [2.75, 3.05) is 13.1 Å². The number of aliphatic imine (C=N–C) groups is 1. The van der Waals surface area contributed by atoms with E-state index in [0.29, 0.717) is 23.1 Å². The van der Waals surface area contributed by atoms with Crippen molar-refractivity contribution in [2.45, 2.75) is 45.4 Å². The molecule has 1 aliphatic heterocycles. The van der Waals surface area contributed by atoms with E-state index < -0.39 is 5.82 Å². The number of nitriles is 1. The Hall–Kier alpha value is -2.18. The SMILES string of the molecule is CCNC(=NCc1ccc(C#N)cc1F)NC1CC(C)N(Cc2ccccc2)C1.I. The van der Waals surface area contributed by atoms with Gasteiger partial charge >= 0.3 is 0 Å². The third-order valence-corrected chi connectivity index (χ3v) is 5.21. The minimum absolute atomic E-state index is 0. The second-order valence-corrected chi connectivity index (χ2v) is 7.45. The fourth-order valence-electron chi connectivity index (χ4n) is 3.66. The lowest BCUT2D eigenvalue weighted by Crippen LogP contribution is -2.44. The van der Waals surface area contributed by atoms with Gasteiger partial charge in [0.25, 0.3) is 0 Å². The van der Waals surface area contributed by atoms with Crippen LogP contribution in [-0.4, -0.2) is 36.0 Å². The molecule has 1 aliphatic rings. The molecule has 0 amide bonds. The normalized spacial score (nSPS) is 19.1. The maximum absolute atomic E-state index is 14.1. The van der Waals surface area contributed by atoms with Crippen LogP contribution in [-0.2, 0) is 13.1 Å². The van der Waals surface area contributed by atoms with E-state index in [1.54, 1.807) is 12.1 Å². The molecule has 1 fully saturated rings. The van der Waals surface area contributed by atoms with Gasteiger partial charge in [-0.25, -0.2) is 9.38 Å². The van der Waals surface area contributed by atoms with Gasteiger partial charge in [-0.1, -0.05) is 36.4 Å². The molecule has 2 N–H and O–H groups in total. The third kappa shape index (κ3) is 6.67. The summed E-state index contributed by atoms with van der Waals surface area (Å²) in [5, 5.41) is 15.6. The molecule has 2 unspecified atom stereocenters. The molecule has 2 atom stereocenters. The van der Waals surface area contributed by atoms with Crippen LogP contribution < -0.4 is 10.6 Å². The highest BCUT2D eigenvalue weighted by Crippen LogP contribution is 2.20. The highest BCUT2D eigenvalue weighted by molar-refractivity contribution is 14.0. The minimum atomic E-state index is -0.396. The topological polar surface area (TPSA) is 63.5 Å². The number of nitrogens with zero attached hydrogens (tertiary/aromatic N) is 3. The smallest absolute Gasteiger partial charge is 0.191 e. The molecule has 0 saturated carbocycles. The summed E-state index contributed by atoms with van der Waals surface area (Å²) in [4.78, 5) is 7.02. The monoisotopic (exact) mass is 521 g/mol. The van der Waals surface area contributed by atoms with Crippen molar-refractivity contribution in [3.8, 4) is 6.07 Å². The van der Waals surface area contributed by atoms with Crippen molar-refractivity contribution < 1.29 is 4.39 Å². The molecule has 1 saturated heterocycles. The predicted octanol–water partition coefficient (Wildman–Crippen LogP) is 4.03. The van der Waals surface area contributed by atoms with Crippen molar-refractivity contribution in [1.82, 2.24) is 15.5 Å². The van der Waals surface area contributed by atoms with Gasteiger partial charge in [-0.15, -0.1) is 24.0 Å². The van der Waals surface area contributed by atoms with E-state index >= 15 is 0 Å². The van der Waals surface area contributed by atoms with Crippen molar-refractivity contribution >= 4 is 29.9 Å². The first kappa shape index (κ1) is 24.1. The van der Waals surface area contributed by atoms with Gasteiger partial charge in [-0.05, 0) is 38.0 Å². The average molecular weight is 521 g/mol. The molecule has 30 heavy (non-hydrogen) atoms. The van der Waals surface area contributed by atoms with E-state index in [1.165, 1.54) is 11.6 Å². The molecule has 0 bridgehead atoms. The van der Waals surface area contributed by atoms with Gasteiger partial charge in [0.15, 0.2) is 5.96 Å². The molecule has 3 rings (SSSR count). The molecule has 0 radical (unpaired) electrons. The van der Waals surface area contributed by atoms with Gasteiger partial charge in [0.2, 0.25) is 0 Å². The third-order valence-electron chi connectivity index (χ3n) is 5.21. The Kier molecular flexibility index (Phi) is 9.53. The first-order valence-corrected chi connectivity index (χ1v) is 10.1. The molecule has 7 heteroatoms. The van der Waals surface area contributed by atoms with Crippen molar-refractivity contribution in [3.63, 3.8) is 0 Å². The highest BCUT2D eigenvalue weighted by Gasteiger charge is 2.29. The summed E-state index contributed by atoms with van der Waals surface area (Å²) in [6.07, 6.45) is 1.03. The Labute approximate surface area is 195 Å². The van der Waals surface area contributed by atoms with Crippen LogP contribution >= 0.6 is 24.0 Å². The van der Waals surface area contributed by atoms with Gasteiger partial charge in [0, 0.05) is 37.3 Å². The maximum Gasteiger partial charge on any atom is 0.191 e. The first-order valence-electron chi connectivity index (χ1n) is 10.1. The van der Waals surface area contributed by atoms with Crippen LogP contribution in [0.1, 0.15) is 37.0 Å². The Morgan fingerprint density at radius 1 is 1.27 bits per heavy atom. The van der Waals surface area contributed by atoms with Crippen LogP contribution in [0.25, 0.3) is 0 Å². The van der Waals surface area contributed by atoms with Crippen LogP contribution in [0.15, 0.2) is 53.5 Å². The quantitative estimate of drug-likeness (QED) is 0.343. The summed E-state index contributed by atoms with van der Waals surface area (Å²) in [5.41, 5.74) is 2.11. The molecular weight excluding hydrogens is 492 g/mol. The Morgan fingerprint density at radius 3 is 2.70 bits per heavy atom. The lowest BCUT2D eigenvalue weighted by atomic mass is 10.1. The van der Waals surface area contributed by atoms with E-state index in [-0.39, 0.29) is 36.6 Å². The summed E-state index contributed by atoms with van der Waals surface area (Å²) in [6, 6.07) is 17.7. The van der Waals surface area contributed by atoms with Crippen LogP contribution in [0.2, 0.25) is 0 Å². The largest absolute Gasteiger partial charge is 0.357 e. The first-order chi connectivity index (χ1) is 14.1. The van der Waals surface area contributed by atoms with Gasteiger partial charge in [0.1, 0.15) is 5.82 Å². The van der Waals surface area contributed by atoms with Crippen molar-refractivity contribution in [3.05, 3.63) is 71.0 Å². The summed E-state index contributed by atoms with van der Waals surface area (Å²) in [6.45, 7) is 7.09. The number of nitrogens with one attached hydrogen (secondary N) is 2. The number of hydrogen-bond donors (Lipinski definition) is 2. The standard InChI is InChI=1S/C23H28FN5.HI/c1-3-26-23(27-14-20-10-9-19(13-25)12-22(20)24)28-21-11-17(2)29(16-21)15-18-7-5-4-6-8-18;/h4-10,12,17,21H,3,11,14-16H2,1-2H3,(H2,26,27,28);1H. The molecule has 0 spiro atoms. The second-order valence-electron chi connectivity index (χ2n) is 7.45. The summed E-state index contributed by atoms with van der Waals surface area (Å²) >= 11 is 0. The highest BCUT2D eigenvalue weighted by atomic mass is 127. The molecule has 1 heterocycles. The van der Waals surface area contributed by atoms with Gasteiger partial charge in [-0.2, -0.15) is 5.26 Å². The Morgan fingerprint density at radius 2 is 2.03 bits per heavy atom. The van der Waals surface area contributed by atoms with Crippen molar-refractivity contribution in [1.29, 1.82) is 5.26 Å². The predicted molar refractivity (Wildman–Crippen MR) is 129 cm³/mol. The molecule has 5 nitrogen and oxygen atoms in total. The molecule has 2 aromatic carbocycles. The zero-order valence-electron chi connectivity index (χ0n) is 17.4. The summed E-state index contributed by atoms with van der Waals surface area (Å²) < 4.78 is 14.1. The summed E-state index contributed by atoms with van der Waals surface area (Å²) in [5.74, 6) is 0.294. The lowest BCUT2D eigenvalue weighted by Gasteiger charge is -2.21. The van der Waals surface area contributed by atoms with E-state index in [0.717, 1.165) is 26.1 Å². The lowest BCUT2D eigenvalue weighted by molar-refractivity contribution is 0.258. The van der Waals surface area contributed by atoms with E-state index in [4.69, 9.17) is 5.26 Å². The molecule has 0 aromatic heterocycles. The number of likely N-dealkylation sites (tertiary alicyclic amines) is 1. The molecule has 160 valence electrons. The van der Waals surface area contributed by atoms with Crippen LogP contribution in [0.5, 0.6) is 0 Å². The number of halogens is 2. The number of rotatable bonds is 6. The van der Waals surface area contributed by atoms with E-state index in [9.17, 15) is 4.39 Å². The van der Waals surface area contributed by atoms with Crippen LogP contribution in [0.3, 0.4) is 0 Å². The van der Waals surface area contributed by atoms with Crippen molar-refractivity contribution in [2.24, 2.45) is 4.99 Å². The van der Waals surface area contributed by atoms with Gasteiger partial charge in [0.05, 0.1) is 18.2 Å². The Bertz CT molecular complexity index is 881.